The summed E-state index contributed by atoms with van der Waals surface area (Å²) in [4.78, 5) is 16.6. The Balaban J connectivity index is 1.77. The van der Waals surface area contributed by atoms with E-state index in [4.69, 9.17) is 0 Å². The monoisotopic (exact) mass is 310 g/mol. The zero-order valence-corrected chi connectivity index (χ0v) is 13.4. The summed E-state index contributed by atoms with van der Waals surface area (Å²) in [5.74, 6) is 0.0689. The van der Waals surface area contributed by atoms with Gasteiger partial charge in [-0.1, -0.05) is 36.4 Å². The summed E-state index contributed by atoms with van der Waals surface area (Å²) < 4.78 is 0. The second-order valence-corrected chi connectivity index (χ2v) is 5.99. The molecule has 4 nitrogen and oxygen atoms in total. The van der Waals surface area contributed by atoms with Crippen molar-refractivity contribution in [3.63, 3.8) is 0 Å². The number of hydrogen-bond donors (Lipinski definition) is 1. The van der Waals surface area contributed by atoms with Crippen molar-refractivity contribution in [1.82, 2.24) is 0 Å². The third kappa shape index (κ3) is 3.54. The molecule has 4 heteroatoms. The highest BCUT2D eigenvalue weighted by molar-refractivity contribution is 5.98. The van der Waals surface area contributed by atoms with E-state index in [9.17, 15) is 9.90 Å². The van der Waals surface area contributed by atoms with Gasteiger partial charge in [-0.3, -0.25) is 4.79 Å². The Morgan fingerprint density at radius 3 is 2.61 bits per heavy atom. The third-order valence-electron chi connectivity index (χ3n) is 4.12. The van der Waals surface area contributed by atoms with E-state index in [1.807, 2.05) is 58.3 Å². The number of aliphatic hydroxyl groups excluding tert-OH is 1. The van der Waals surface area contributed by atoms with Crippen molar-refractivity contribution in [3.8, 4) is 0 Å². The molecule has 0 aromatic heterocycles. The van der Waals surface area contributed by atoms with Crippen LogP contribution in [-0.2, 0) is 11.2 Å². The van der Waals surface area contributed by atoms with Crippen molar-refractivity contribution < 1.29 is 9.90 Å². The fraction of sp³-hybridized carbons (Fsp3) is 0.316. The molecule has 1 heterocycles. The molecule has 0 bridgehead atoms. The zero-order valence-electron chi connectivity index (χ0n) is 13.4. The highest BCUT2D eigenvalue weighted by Crippen LogP contribution is 2.27. The van der Waals surface area contributed by atoms with Gasteiger partial charge >= 0.3 is 0 Å². The van der Waals surface area contributed by atoms with Crippen LogP contribution in [0.3, 0.4) is 0 Å². The number of aliphatic hydroxyl groups is 1. The van der Waals surface area contributed by atoms with E-state index < -0.39 is 6.10 Å². The summed E-state index contributed by atoms with van der Waals surface area (Å²) in [7, 11) is 0. The molecule has 0 radical (unpaired) electrons. The van der Waals surface area contributed by atoms with Crippen LogP contribution in [0.1, 0.15) is 12.5 Å². The fourth-order valence-corrected chi connectivity index (χ4v) is 3.06. The van der Waals surface area contributed by atoms with E-state index in [1.54, 1.807) is 6.92 Å². The number of fused-ring (bicyclic) bond motifs is 1. The van der Waals surface area contributed by atoms with Crippen LogP contribution in [0.25, 0.3) is 0 Å². The van der Waals surface area contributed by atoms with Crippen LogP contribution < -0.4 is 9.80 Å². The normalized spacial score (nSPS) is 14.4. The van der Waals surface area contributed by atoms with Crippen molar-refractivity contribution in [2.45, 2.75) is 19.4 Å². The summed E-state index contributed by atoms with van der Waals surface area (Å²) >= 11 is 0. The van der Waals surface area contributed by atoms with E-state index in [2.05, 4.69) is 6.07 Å². The van der Waals surface area contributed by atoms with Gasteiger partial charge in [0.15, 0.2) is 0 Å². The number of rotatable bonds is 5. The Morgan fingerprint density at radius 1 is 1.17 bits per heavy atom. The molecule has 1 aliphatic heterocycles. The Kier molecular flexibility index (Phi) is 4.63. The van der Waals surface area contributed by atoms with Crippen LogP contribution in [0.2, 0.25) is 0 Å². The zero-order chi connectivity index (χ0) is 16.2. The smallest absolute Gasteiger partial charge is 0.246 e. The van der Waals surface area contributed by atoms with E-state index in [0.717, 1.165) is 24.3 Å². The quantitative estimate of drug-likeness (QED) is 0.922. The summed E-state index contributed by atoms with van der Waals surface area (Å²) in [6, 6.07) is 17.8. The molecule has 1 N–H and O–H groups in total. The van der Waals surface area contributed by atoms with Crippen molar-refractivity contribution in [2.75, 3.05) is 29.4 Å². The maximum absolute atomic E-state index is 12.8. The number of carbonyl (C=O) groups excluding carboxylic acids is 1. The summed E-state index contributed by atoms with van der Waals surface area (Å²) in [5.41, 5.74) is 3.19. The second-order valence-electron chi connectivity index (χ2n) is 5.99. The predicted octanol–water partition coefficient (Wildman–Crippen LogP) is 2.46. The lowest BCUT2D eigenvalue weighted by Crippen LogP contribution is -2.42. The average Bonchev–Trinajstić information content (AvgIpc) is 2.99. The third-order valence-corrected chi connectivity index (χ3v) is 4.12. The maximum atomic E-state index is 12.8. The first kappa shape index (κ1) is 15.6. The van der Waals surface area contributed by atoms with Crippen LogP contribution >= 0.6 is 0 Å². The van der Waals surface area contributed by atoms with Crippen LogP contribution in [0, 0.1) is 0 Å². The van der Waals surface area contributed by atoms with Crippen molar-refractivity contribution >= 4 is 17.3 Å². The molecule has 2 aromatic carbocycles. The first-order chi connectivity index (χ1) is 11.1. The summed E-state index contributed by atoms with van der Waals surface area (Å²) in [5, 5.41) is 9.75. The Morgan fingerprint density at radius 2 is 1.87 bits per heavy atom. The molecule has 0 fully saturated rings. The number of hydrogen-bond acceptors (Lipinski definition) is 3. The molecule has 0 saturated heterocycles. The molecular weight excluding hydrogens is 288 g/mol. The predicted molar refractivity (Wildman–Crippen MR) is 92.8 cm³/mol. The molecule has 0 aliphatic carbocycles. The minimum atomic E-state index is -0.492. The first-order valence-corrected chi connectivity index (χ1v) is 8.01. The molecular formula is C19H22N2O2. The standard InChI is InChI=1S/C19H22N2O2/c1-15(22)13-20(17-8-3-2-4-9-17)14-19(23)21-12-11-16-7-5-6-10-18(16)21/h2-10,15,22H,11-14H2,1H3/t15-/m1/s1. The van der Waals surface area contributed by atoms with Gasteiger partial charge in [0, 0.05) is 24.5 Å². The SMILES string of the molecule is C[C@@H](O)CN(CC(=O)N1CCc2ccccc21)c1ccccc1. The lowest BCUT2D eigenvalue weighted by Gasteiger charge is -2.28. The fourth-order valence-electron chi connectivity index (χ4n) is 3.06. The van der Waals surface area contributed by atoms with Gasteiger partial charge in [0.25, 0.3) is 0 Å². The van der Waals surface area contributed by atoms with Gasteiger partial charge in [0.05, 0.1) is 12.6 Å². The average molecular weight is 310 g/mol. The minimum Gasteiger partial charge on any atom is -0.392 e. The van der Waals surface area contributed by atoms with E-state index in [-0.39, 0.29) is 12.5 Å². The van der Waals surface area contributed by atoms with Gasteiger partial charge in [0.1, 0.15) is 0 Å². The number of carbonyl (C=O) groups is 1. The van der Waals surface area contributed by atoms with Gasteiger partial charge in [0.2, 0.25) is 5.91 Å². The van der Waals surface area contributed by atoms with Gasteiger partial charge < -0.3 is 14.9 Å². The van der Waals surface area contributed by atoms with Gasteiger partial charge in [-0.15, -0.1) is 0 Å². The number of para-hydroxylation sites is 2. The highest BCUT2D eigenvalue weighted by Gasteiger charge is 2.25. The van der Waals surface area contributed by atoms with Crippen molar-refractivity contribution in [2.24, 2.45) is 0 Å². The van der Waals surface area contributed by atoms with Gasteiger partial charge in [-0.2, -0.15) is 0 Å². The minimum absolute atomic E-state index is 0.0689. The van der Waals surface area contributed by atoms with E-state index in [1.165, 1.54) is 5.56 Å². The molecule has 1 atom stereocenters. The summed E-state index contributed by atoms with van der Waals surface area (Å²) in [6.07, 6.45) is 0.415. The number of nitrogens with zero attached hydrogens (tertiary/aromatic N) is 2. The molecule has 1 aliphatic rings. The second kappa shape index (κ2) is 6.84. The van der Waals surface area contributed by atoms with Crippen molar-refractivity contribution in [1.29, 1.82) is 0 Å². The van der Waals surface area contributed by atoms with Crippen LogP contribution in [-0.4, -0.2) is 36.8 Å². The molecule has 120 valence electrons. The number of anilines is 2. The summed E-state index contributed by atoms with van der Waals surface area (Å²) in [6.45, 7) is 3.18. The molecule has 3 rings (SSSR count). The number of benzene rings is 2. The van der Waals surface area contributed by atoms with E-state index >= 15 is 0 Å². The first-order valence-electron chi connectivity index (χ1n) is 8.01. The topological polar surface area (TPSA) is 43.8 Å². The lowest BCUT2D eigenvalue weighted by molar-refractivity contribution is -0.117. The molecule has 1 amide bonds. The molecule has 0 saturated carbocycles. The molecule has 2 aromatic rings. The van der Waals surface area contributed by atoms with Gasteiger partial charge in [-0.05, 0) is 37.1 Å². The Bertz CT molecular complexity index is 670. The maximum Gasteiger partial charge on any atom is 0.246 e. The van der Waals surface area contributed by atoms with E-state index in [0.29, 0.717) is 6.54 Å². The lowest BCUT2D eigenvalue weighted by atomic mass is 10.2. The highest BCUT2D eigenvalue weighted by atomic mass is 16.3. The Labute approximate surface area is 137 Å². The largest absolute Gasteiger partial charge is 0.392 e. The van der Waals surface area contributed by atoms with Crippen LogP contribution in [0.4, 0.5) is 11.4 Å². The van der Waals surface area contributed by atoms with Gasteiger partial charge in [-0.25, -0.2) is 0 Å². The Hall–Kier alpha value is -2.33. The van der Waals surface area contributed by atoms with Crippen LogP contribution in [0.15, 0.2) is 54.6 Å². The molecule has 23 heavy (non-hydrogen) atoms. The molecule has 0 unspecified atom stereocenters. The number of amides is 1. The van der Waals surface area contributed by atoms with Crippen LogP contribution in [0.5, 0.6) is 0 Å². The van der Waals surface area contributed by atoms with Crippen molar-refractivity contribution in [3.05, 3.63) is 60.2 Å². The molecule has 0 spiro atoms.